The maximum Gasteiger partial charge on any atom is 0.340 e. The van der Waals surface area contributed by atoms with Crippen LogP contribution in [-0.4, -0.2) is 28.0 Å². The van der Waals surface area contributed by atoms with Gasteiger partial charge in [0.05, 0.1) is 23.9 Å². The first-order valence-corrected chi connectivity index (χ1v) is 9.83. The molecule has 0 spiro atoms. The number of carbonyl (C=O) groups is 1. The number of thiophene rings is 1. The second-order valence-corrected chi connectivity index (χ2v) is 7.53. The summed E-state index contributed by atoms with van der Waals surface area (Å²) < 4.78 is 5.00. The van der Waals surface area contributed by atoms with Gasteiger partial charge in [-0.3, -0.25) is 4.98 Å². The number of benzene rings is 1. The molecular formula is C19H15N3O2S2. The van der Waals surface area contributed by atoms with E-state index in [2.05, 4.69) is 9.97 Å². The van der Waals surface area contributed by atoms with Crippen LogP contribution >= 0.6 is 23.1 Å². The minimum atomic E-state index is -0.361. The number of hydrogen-bond acceptors (Lipinski definition) is 7. The van der Waals surface area contributed by atoms with Gasteiger partial charge in [-0.2, -0.15) is 0 Å². The van der Waals surface area contributed by atoms with Crippen LogP contribution in [0.15, 0.2) is 47.1 Å². The quantitative estimate of drug-likeness (QED) is 0.292. The minimum absolute atomic E-state index is 0.361. The van der Waals surface area contributed by atoms with Crippen LogP contribution in [0.3, 0.4) is 0 Å². The van der Waals surface area contributed by atoms with Gasteiger partial charge in [0.25, 0.3) is 0 Å². The average molecular weight is 381 g/mol. The molecule has 0 aliphatic carbocycles. The van der Waals surface area contributed by atoms with Gasteiger partial charge in [-0.05, 0) is 30.0 Å². The van der Waals surface area contributed by atoms with Gasteiger partial charge < -0.3 is 4.74 Å². The SMILES string of the molecule is COC(=O)c1c(CSc2ncnc3sccc23)nc2ccccc2c1C. The third-order valence-corrected chi connectivity index (χ3v) is 6.02. The molecule has 1 aromatic carbocycles. The minimum Gasteiger partial charge on any atom is -0.465 e. The first-order valence-electron chi connectivity index (χ1n) is 7.96. The van der Waals surface area contributed by atoms with Crippen LogP contribution in [-0.2, 0) is 10.5 Å². The number of hydrogen-bond donors (Lipinski definition) is 0. The molecular weight excluding hydrogens is 366 g/mol. The molecule has 0 amide bonds. The van der Waals surface area contributed by atoms with Gasteiger partial charge in [0, 0.05) is 16.5 Å². The second kappa shape index (κ2) is 7.01. The fourth-order valence-electron chi connectivity index (χ4n) is 2.94. The van der Waals surface area contributed by atoms with Gasteiger partial charge in [-0.1, -0.05) is 30.0 Å². The van der Waals surface area contributed by atoms with E-state index in [0.717, 1.165) is 31.7 Å². The Morgan fingerprint density at radius 2 is 2.04 bits per heavy atom. The number of rotatable bonds is 4. The number of esters is 1. The van der Waals surface area contributed by atoms with Crippen molar-refractivity contribution in [2.75, 3.05) is 7.11 Å². The highest BCUT2D eigenvalue weighted by Gasteiger charge is 2.20. The number of carbonyl (C=O) groups excluding carboxylic acids is 1. The molecule has 0 radical (unpaired) electrons. The monoisotopic (exact) mass is 381 g/mol. The number of aryl methyl sites for hydroxylation is 1. The van der Waals surface area contributed by atoms with Gasteiger partial charge in [0.2, 0.25) is 0 Å². The largest absolute Gasteiger partial charge is 0.465 e. The van der Waals surface area contributed by atoms with Crippen LogP contribution in [0.25, 0.3) is 21.1 Å². The lowest BCUT2D eigenvalue weighted by molar-refractivity contribution is 0.0598. The topological polar surface area (TPSA) is 65.0 Å². The molecule has 0 fully saturated rings. The van der Waals surface area contributed by atoms with Crippen molar-refractivity contribution < 1.29 is 9.53 Å². The van der Waals surface area contributed by atoms with Crippen LogP contribution in [0.4, 0.5) is 0 Å². The lowest BCUT2D eigenvalue weighted by atomic mass is 10.0. The first kappa shape index (κ1) is 16.9. The normalized spacial score (nSPS) is 11.2. The Morgan fingerprint density at radius 3 is 2.88 bits per heavy atom. The fourth-order valence-corrected chi connectivity index (χ4v) is 4.66. The summed E-state index contributed by atoms with van der Waals surface area (Å²) in [6.07, 6.45) is 1.57. The molecule has 0 unspecified atom stereocenters. The lowest BCUT2D eigenvalue weighted by Crippen LogP contribution is -2.10. The number of nitrogens with zero attached hydrogens (tertiary/aromatic N) is 3. The van der Waals surface area contributed by atoms with Crippen molar-refractivity contribution in [3.8, 4) is 0 Å². The van der Waals surface area contributed by atoms with Crippen LogP contribution in [0.1, 0.15) is 21.6 Å². The number of aromatic nitrogens is 3. The highest BCUT2D eigenvalue weighted by atomic mass is 32.2. The number of para-hydroxylation sites is 1. The number of methoxy groups -OCH3 is 1. The second-order valence-electron chi connectivity index (χ2n) is 5.67. The first-order chi connectivity index (χ1) is 12.7. The van der Waals surface area contributed by atoms with E-state index in [1.165, 1.54) is 7.11 Å². The molecule has 0 atom stereocenters. The smallest absolute Gasteiger partial charge is 0.340 e. The highest BCUT2D eigenvalue weighted by molar-refractivity contribution is 7.98. The van der Waals surface area contributed by atoms with Gasteiger partial charge in [-0.25, -0.2) is 14.8 Å². The van der Waals surface area contributed by atoms with Crippen LogP contribution < -0.4 is 0 Å². The van der Waals surface area contributed by atoms with Crippen LogP contribution in [0.5, 0.6) is 0 Å². The Kier molecular flexibility index (Phi) is 4.57. The Bertz CT molecular complexity index is 1120. The number of pyridine rings is 1. The average Bonchev–Trinajstić information content (AvgIpc) is 3.15. The zero-order chi connectivity index (χ0) is 18.1. The van der Waals surface area contributed by atoms with Gasteiger partial charge >= 0.3 is 5.97 Å². The summed E-state index contributed by atoms with van der Waals surface area (Å²) in [5.74, 6) is 0.164. The summed E-state index contributed by atoms with van der Waals surface area (Å²) in [5.41, 5.74) is 3.01. The molecule has 130 valence electrons. The van der Waals surface area contributed by atoms with Crippen molar-refractivity contribution in [1.82, 2.24) is 15.0 Å². The Labute approximate surface area is 158 Å². The van der Waals surface area contributed by atoms with Gasteiger partial charge in [-0.15, -0.1) is 11.3 Å². The Hall–Kier alpha value is -2.51. The molecule has 0 saturated carbocycles. The molecule has 3 aromatic heterocycles. The number of ether oxygens (including phenoxy) is 1. The van der Waals surface area contributed by atoms with Crippen molar-refractivity contribution in [2.24, 2.45) is 0 Å². The summed E-state index contributed by atoms with van der Waals surface area (Å²) in [6.45, 7) is 1.94. The van der Waals surface area contributed by atoms with Crippen molar-refractivity contribution in [3.63, 3.8) is 0 Å². The van der Waals surface area contributed by atoms with Gasteiger partial charge in [0.1, 0.15) is 16.2 Å². The summed E-state index contributed by atoms with van der Waals surface area (Å²) in [7, 11) is 1.40. The predicted molar refractivity (Wildman–Crippen MR) is 105 cm³/mol. The van der Waals surface area contributed by atoms with E-state index in [4.69, 9.17) is 9.72 Å². The van der Waals surface area contributed by atoms with E-state index >= 15 is 0 Å². The zero-order valence-electron chi connectivity index (χ0n) is 14.2. The molecule has 4 aromatic rings. The molecule has 4 rings (SSSR count). The van der Waals surface area contributed by atoms with Crippen LogP contribution in [0.2, 0.25) is 0 Å². The number of thioether (sulfide) groups is 1. The maximum absolute atomic E-state index is 12.4. The molecule has 3 heterocycles. The summed E-state index contributed by atoms with van der Waals surface area (Å²) in [4.78, 5) is 26.7. The molecule has 0 aliphatic heterocycles. The fraction of sp³-hybridized carbons (Fsp3) is 0.158. The maximum atomic E-state index is 12.4. The molecule has 26 heavy (non-hydrogen) atoms. The lowest BCUT2D eigenvalue weighted by Gasteiger charge is -2.13. The molecule has 0 N–H and O–H groups in total. The number of fused-ring (bicyclic) bond motifs is 2. The zero-order valence-corrected chi connectivity index (χ0v) is 15.9. The van der Waals surface area contributed by atoms with E-state index in [9.17, 15) is 4.79 Å². The summed E-state index contributed by atoms with van der Waals surface area (Å²) in [5, 5.41) is 4.88. The Morgan fingerprint density at radius 1 is 1.19 bits per heavy atom. The molecule has 5 nitrogen and oxygen atoms in total. The van der Waals surface area contributed by atoms with Crippen molar-refractivity contribution in [1.29, 1.82) is 0 Å². The standard InChI is InChI=1S/C19H15N3O2S2/c1-11-12-5-3-4-6-14(12)22-15(16(11)19(23)24-2)9-26-18-13-7-8-25-17(13)20-10-21-18/h3-8,10H,9H2,1-2H3. The highest BCUT2D eigenvalue weighted by Crippen LogP contribution is 2.32. The van der Waals surface area contributed by atoms with E-state index in [1.54, 1.807) is 29.4 Å². The third kappa shape index (κ3) is 2.93. The molecule has 7 heteroatoms. The molecule has 0 bridgehead atoms. The summed E-state index contributed by atoms with van der Waals surface area (Å²) in [6, 6.07) is 9.84. The van der Waals surface area contributed by atoms with Crippen molar-refractivity contribution in [3.05, 3.63) is 58.9 Å². The molecule has 0 aliphatic rings. The predicted octanol–water partition coefficient (Wildman–Crippen LogP) is 4.63. The van der Waals surface area contributed by atoms with E-state index < -0.39 is 0 Å². The van der Waals surface area contributed by atoms with E-state index in [0.29, 0.717) is 17.0 Å². The van der Waals surface area contributed by atoms with Gasteiger partial charge in [0.15, 0.2) is 0 Å². The molecule has 0 saturated heterocycles. The van der Waals surface area contributed by atoms with E-state index in [1.807, 2.05) is 42.6 Å². The third-order valence-electron chi connectivity index (χ3n) is 4.19. The van der Waals surface area contributed by atoms with Crippen LogP contribution in [0, 0.1) is 6.92 Å². The van der Waals surface area contributed by atoms with Crippen molar-refractivity contribution >= 4 is 50.2 Å². The summed E-state index contributed by atoms with van der Waals surface area (Å²) >= 11 is 3.14. The Balaban J connectivity index is 1.77. The van der Waals surface area contributed by atoms with Crippen molar-refractivity contribution in [2.45, 2.75) is 17.7 Å². The van der Waals surface area contributed by atoms with E-state index in [-0.39, 0.29) is 5.97 Å².